The maximum atomic E-state index is 12.7. The van der Waals surface area contributed by atoms with Crippen LogP contribution in [0.25, 0.3) is 0 Å². The number of anilines is 2. The van der Waals surface area contributed by atoms with E-state index in [9.17, 15) is 23.3 Å². The summed E-state index contributed by atoms with van der Waals surface area (Å²) in [6, 6.07) is 12.8. The molecular formula is C17H19N3O5S. The Morgan fingerprint density at radius 2 is 1.85 bits per heavy atom. The summed E-state index contributed by atoms with van der Waals surface area (Å²) in [4.78, 5) is 23.0. The Labute approximate surface area is 151 Å². The second-order valence-corrected chi connectivity index (χ2v) is 7.47. The number of hydrogen-bond donors (Lipinski definition) is 1. The summed E-state index contributed by atoms with van der Waals surface area (Å²) in [7, 11) is -3.72. The highest BCUT2D eigenvalue weighted by atomic mass is 32.2. The van der Waals surface area contributed by atoms with Crippen LogP contribution in [0.1, 0.15) is 13.3 Å². The number of rotatable bonds is 7. The van der Waals surface area contributed by atoms with Gasteiger partial charge in [0.15, 0.2) is 0 Å². The molecule has 1 atom stereocenters. The summed E-state index contributed by atoms with van der Waals surface area (Å²) in [5.74, 6) is -0.567. The van der Waals surface area contributed by atoms with E-state index >= 15 is 0 Å². The average Bonchev–Trinajstić information content (AvgIpc) is 2.59. The lowest BCUT2D eigenvalue weighted by Gasteiger charge is -2.30. The Morgan fingerprint density at radius 1 is 1.19 bits per heavy atom. The number of nitrogens with zero attached hydrogens (tertiary/aromatic N) is 2. The van der Waals surface area contributed by atoms with Crippen molar-refractivity contribution in [1.29, 1.82) is 0 Å². The number of non-ortho nitro benzene ring substituents is 1. The van der Waals surface area contributed by atoms with Crippen LogP contribution in [0.2, 0.25) is 0 Å². The van der Waals surface area contributed by atoms with Gasteiger partial charge in [-0.05, 0) is 24.6 Å². The molecule has 0 aliphatic rings. The Balaban J connectivity index is 2.34. The van der Waals surface area contributed by atoms with Gasteiger partial charge in [0.25, 0.3) is 5.69 Å². The van der Waals surface area contributed by atoms with Gasteiger partial charge in [-0.25, -0.2) is 8.42 Å². The van der Waals surface area contributed by atoms with Crippen LogP contribution < -0.4 is 9.62 Å². The number of nitro groups is 1. The molecule has 0 aliphatic carbocycles. The Morgan fingerprint density at radius 3 is 2.38 bits per heavy atom. The molecule has 138 valence electrons. The van der Waals surface area contributed by atoms with E-state index in [-0.39, 0.29) is 17.8 Å². The van der Waals surface area contributed by atoms with Gasteiger partial charge >= 0.3 is 0 Å². The number of para-hydroxylation sites is 1. The van der Waals surface area contributed by atoms with Gasteiger partial charge in [-0.2, -0.15) is 0 Å². The van der Waals surface area contributed by atoms with Gasteiger partial charge < -0.3 is 5.32 Å². The van der Waals surface area contributed by atoms with Crippen molar-refractivity contribution in [1.82, 2.24) is 0 Å². The van der Waals surface area contributed by atoms with Gasteiger partial charge in [-0.3, -0.25) is 19.2 Å². The SMILES string of the molecule is CC[C@@H](C(=O)Nc1cccc([N+](=O)[O-])c1)N(c1ccccc1)S(C)(=O)=O. The first-order valence-corrected chi connectivity index (χ1v) is 9.68. The van der Waals surface area contributed by atoms with E-state index in [2.05, 4.69) is 5.32 Å². The van der Waals surface area contributed by atoms with Gasteiger partial charge in [0.1, 0.15) is 6.04 Å². The smallest absolute Gasteiger partial charge is 0.271 e. The van der Waals surface area contributed by atoms with E-state index in [4.69, 9.17) is 0 Å². The second-order valence-electron chi connectivity index (χ2n) is 5.62. The summed E-state index contributed by atoms with van der Waals surface area (Å²) < 4.78 is 25.6. The minimum atomic E-state index is -3.72. The average molecular weight is 377 g/mol. The molecule has 0 aromatic heterocycles. The number of hydrogen-bond acceptors (Lipinski definition) is 5. The van der Waals surface area contributed by atoms with Gasteiger partial charge in [-0.1, -0.05) is 31.2 Å². The van der Waals surface area contributed by atoms with Crippen molar-refractivity contribution in [2.75, 3.05) is 15.9 Å². The summed E-state index contributed by atoms with van der Waals surface area (Å²) in [6.07, 6.45) is 1.26. The topological polar surface area (TPSA) is 110 Å². The van der Waals surface area contributed by atoms with E-state index in [1.54, 1.807) is 37.3 Å². The molecular weight excluding hydrogens is 358 g/mol. The number of nitro benzene ring substituents is 1. The number of carbonyl (C=O) groups is 1. The highest BCUT2D eigenvalue weighted by Gasteiger charge is 2.31. The monoisotopic (exact) mass is 377 g/mol. The van der Waals surface area contributed by atoms with E-state index in [1.165, 1.54) is 24.3 Å². The van der Waals surface area contributed by atoms with Crippen molar-refractivity contribution in [3.8, 4) is 0 Å². The highest BCUT2D eigenvalue weighted by molar-refractivity contribution is 7.92. The van der Waals surface area contributed by atoms with E-state index < -0.39 is 26.9 Å². The van der Waals surface area contributed by atoms with Gasteiger partial charge in [0, 0.05) is 17.8 Å². The van der Waals surface area contributed by atoms with Crippen LogP contribution in [-0.2, 0) is 14.8 Å². The Bertz CT molecular complexity index is 900. The fourth-order valence-corrected chi connectivity index (χ4v) is 3.77. The van der Waals surface area contributed by atoms with Crippen LogP contribution in [0.4, 0.5) is 17.1 Å². The molecule has 26 heavy (non-hydrogen) atoms. The molecule has 0 saturated heterocycles. The predicted molar refractivity (Wildman–Crippen MR) is 99.6 cm³/mol. The number of amides is 1. The predicted octanol–water partition coefficient (Wildman–Crippen LogP) is 2.78. The molecule has 2 rings (SSSR count). The molecule has 2 aromatic carbocycles. The largest absolute Gasteiger partial charge is 0.324 e. The molecule has 0 heterocycles. The zero-order chi connectivity index (χ0) is 19.3. The third-order valence-corrected chi connectivity index (χ3v) is 4.84. The number of sulfonamides is 1. The second kappa shape index (κ2) is 7.96. The lowest BCUT2D eigenvalue weighted by molar-refractivity contribution is -0.384. The Kier molecular flexibility index (Phi) is 5.93. The van der Waals surface area contributed by atoms with Gasteiger partial charge in [0.05, 0.1) is 16.9 Å². The minimum absolute atomic E-state index is 0.168. The van der Waals surface area contributed by atoms with Crippen LogP contribution in [-0.4, -0.2) is 31.5 Å². The van der Waals surface area contributed by atoms with Gasteiger partial charge in [0.2, 0.25) is 15.9 Å². The zero-order valence-electron chi connectivity index (χ0n) is 14.3. The van der Waals surface area contributed by atoms with Crippen molar-refractivity contribution >= 4 is 33.0 Å². The van der Waals surface area contributed by atoms with Crippen molar-refractivity contribution in [3.05, 3.63) is 64.7 Å². The number of benzene rings is 2. The first-order chi connectivity index (χ1) is 12.2. The minimum Gasteiger partial charge on any atom is -0.324 e. The molecule has 1 amide bonds. The number of carbonyl (C=O) groups excluding carboxylic acids is 1. The molecule has 1 N–H and O–H groups in total. The van der Waals surface area contributed by atoms with Crippen molar-refractivity contribution < 1.29 is 18.1 Å². The number of nitrogens with one attached hydrogen (secondary N) is 1. The van der Waals surface area contributed by atoms with E-state index in [0.717, 1.165) is 10.6 Å². The van der Waals surface area contributed by atoms with Crippen molar-refractivity contribution in [2.45, 2.75) is 19.4 Å². The lowest BCUT2D eigenvalue weighted by Crippen LogP contribution is -2.46. The molecule has 0 aliphatic heterocycles. The fourth-order valence-electron chi connectivity index (χ4n) is 2.56. The van der Waals surface area contributed by atoms with Crippen LogP contribution in [0, 0.1) is 10.1 Å². The molecule has 2 aromatic rings. The molecule has 0 fully saturated rings. The van der Waals surface area contributed by atoms with Crippen molar-refractivity contribution in [2.24, 2.45) is 0 Å². The molecule has 8 nitrogen and oxygen atoms in total. The first kappa shape index (κ1) is 19.4. The van der Waals surface area contributed by atoms with Gasteiger partial charge in [-0.15, -0.1) is 0 Å². The van der Waals surface area contributed by atoms with Crippen LogP contribution >= 0.6 is 0 Å². The van der Waals surface area contributed by atoms with Crippen molar-refractivity contribution in [3.63, 3.8) is 0 Å². The van der Waals surface area contributed by atoms with Crippen LogP contribution in [0.5, 0.6) is 0 Å². The fraction of sp³-hybridized carbons (Fsp3) is 0.235. The van der Waals surface area contributed by atoms with E-state index in [0.29, 0.717) is 5.69 Å². The van der Waals surface area contributed by atoms with Crippen LogP contribution in [0.3, 0.4) is 0 Å². The maximum Gasteiger partial charge on any atom is 0.271 e. The highest BCUT2D eigenvalue weighted by Crippen LogP contribution is 2.23. The first-order valence-electron chi connectivity index (χ1n) is 7.83. The van der Waals surface area contributed by atoms with Crippen LogP contribution in [0.15, 0.2) is 54.6 Å². The zero-order valence-corrected chi connectivity index (χ0v) is 15.1. The molecule has 0 saturated carbocycles. The third-order valence-electron chi connectivity index (χ3n) is 3.66. The summed E-state index contributed by atoms with van der Waals surface area (Å²) in [6.45, 7) is 1.69. The summed E-state index contributed by atoms with van der Waals surface area (Å²) in [5, 5.41) is 13.4. The quantitative estimate of drug-likeness (QED) is 0.589. The molecule has 0 spiro atoms. The molecule has 0 bridgehead atoms. The Hall–Kier alpha value is -2.94. The maximum absolute atomic E-state index is 12.7. The molecule has 0 unspecified atom stereocenters. The molecule has 9 heteroatoms. The lowest BCUT2D eigenvalue weighted by atomic mass is 10.1. The summed E-state index contributed by atoms with van der Waals surface area (Å²) in [5.41, 5.74) is 0.430. The normalized spacial score (nSPS) is 12.2. The standard InChI is InChI=1S/C17H19N3O5S/c1-3-16(19(26(2,24)25)14-9-5-4-6-10-14)17(21)18-13-8-7-11-15(12-13)20(22)23/h4-12,16H,3H2,1-2H3,(H,18,21)/t16-/m0/s1. The third kappa shape index (κ3) is 4.57. The summed E-state index contributed by atoms with van der Waals surface area (Å²) >= 11 is 0. The molecule has 0 radical (unpaired) electrons. The van der Waals surface area contributed by atoms with E-state index in [1.807, 2.05) is 0 Å².